The van der Waals surface area contributed by atoms with Gasteiger partial charge in [0.05, 0.1) is 12.2 Å². The summed E-state index contributed by atoms with van der Waals surface area (Å²) >= 11 is 5.80. The predicted octanol–water partition coefficient (Wildman–Crippen LogP) is 2.47. The molecule has 0 heterocycles. The summed E-state index contributed by atoms with van der Waals surface area (Å²) in [5, 5.41) is 19.9. The molecule has 1 aromatic rings. The normalized spacial score (nSPS) is 14.8. The number of nitrogens with zero attached hydrogens (tertiary/aromatic N) is 1. The Balaban J connectivity index is 2.32. The van der Waals surface area contributed by atoms with E-state index in [9.17, 15) is 10.2 Å². The van der Waals surface area contributed by atoms with E-state index in [4.69, 9.17) is 11.6 Å². The van der Waals surface area contributed by atoms with Crippen molar-refractivity contribution >= 4 is 11.6 Å². The first-order valence-corrected chi connectivity index (χ1v) is 6.67. The summed E-state index contributed by atoms with van der Waals surface area (Å²) in [6, 6.07) is 7.28. The van der Waals surface area contributed by atoms with E-state index < -0.39 is 6.10 Å². The molecule has 0 aromatic heterocycles. The number of hydrogen-bond acceptors (Lipinski definition) is 3. The van der Waals surface area contributed by atoms with Gasteiger partial charge in [0.2, 0.25) is 0 Å². The van der Waals surface area contributed by atoms with Crippen molar-refractivity contribution in [2.75, 3.05) is 20.1 Å². The fourth-order valence-electron chi connectivity index (χ4n) is 1.71. The van der Waals surface area contributed by atoms with Crippen molar-refractivity contribution in [2.24, 2.45) is 0 Å². The summed E-state index contributed by atoms with van der Waals surface area (Å²) in [4.78, 5) is 2.12. The van der Waals surface area contributed by atoms with Gasteiger partial charge in [-0.15, -0.1) is 0 Å². The molecule has 0 aliphatic rings. The molecule has 2 N–H and O–H groups in total. The number of aliphatic hydroxyl groups excluding tert-OH is 2. The minimum Gasteiger partial charge on any atom is -0.393 e. The molecule has 1 aromatic carbocycles. The summed E-state index contributed by atoms with van der Waals surface area (Å²) < 4.78 is 0. The summed E-state index contributed by atoms with van der Waals surface area (Å²) in [5.74, 6) is 0. The zero-order chi connectivity index (χ0) is 13.5. The van der Waals surface area contributed by atoms with Crippen LogP contribution < -0.4 is 0 Å². The van der Waals surface area contributed by atoms with Crippen LogP contribution in [0.25, 0.3) is 0 Å². The minimum atomic E-state index is -0.462. The van der Waals surface area contributed by atoms with Gasteiger partial charge in [-0.2, -0.15) is 0 Å². The molecule has 0 saturated carbocycles. The first-order chi connectivity index (χ1) is 8.49. The summed E-state index contributed by atoms with van der Waals surface area (Å²) in [6.07, 6.45) is 0.704. The highest BCUT2D eigenvalue weighted by Crippen LogP contribution is 2.19. The van der Waals surface area contributed by atoms with Gasteiger partial charge in [0, 0.05) is 18.1 Å². The van der Waals surface area contributed by atoms with E-state index in [0.29, 0.717) is 11.4 Å². The SMILES string of the molecule is CC(O)CCN(C)CCC(O)c1ccc(Cl)cc1. The average Bonchev–Trinajstić information content (AvgIpc) is 2.34. The van der Waals surface area contributed by atoms with E-state index in [1.54, 1.807) is 19.1 Å². The smallest absolute Gasteiger partial charge is 0.0802 e. The highest BCUT2D eigenvalue weighted by atomic mass is 35.5. The summed E-state index contributed by atoms with van der Waals surface area (Å²) in [5.41, 5.74) is 0.892. The van der Waals surface area contributed by atoms with E-state index >= 15 is 0 Å². The van der Waals surface area contributed by atoms with Crippen LogP contribution in [0.5, 0.6) is 0 Å². The molecule has 0 amide bonds. The maximum Gasteiger partial charge on any atom is 0.0802 e. The fourth-order valence-corrected chi connectivity index (χ4v) is 1.84. The van der Waals surface area contributed by atoms with Crippen LogP contribution in [0.3, 0.4) is 0 Å². The van der Waals surface area contributed by atoms with Gasteiger partial charge >= 0.3 is 0 Å². The van der Waals surface area contributed by atoms with E-state index in [-0.39, 0.29) is 6.10 Å². The Kier molecular flexibility index (Phi) is 6.65. The van der Waals surface area contributed by atoms with Crippen LogP contribution in [0.2, 0.25) is 5.02 Å². The number of benzene rings is 1. The largest absolute Gasteiger partial charge is 0.393 e. The molecule has 2 atom stereocenters. The van der Waals surface area contributed by atoms with Gasteiger partial charge in [-0.25, -0.2) is 0 Å². The number of rotatable bonds is 7. The lowest BCUT2D eigenvalue weighted by atomic mass is 10.1. The van der Waals surface area contributed by atoms with Crippen molar-refractivity contribution in [1.29, 1.82) is 0 Å². The molecular formula is C14H22ClNO2. The van der Waals surface area contributed by atoms with Crippen LogP contribution in [0, 0.1) is 0 Å². The second kappa shape index (κ2) is 7.74. The molecule has 0 spiro atoms. The third kappa shape index (κ3) is 5.83. The van der Waals surface area contributed by atoms with Crippen LogP contribution in [0.1, 0.15) is 31.4 Å². The number of aliphatic hydroxyl groups is 2. The molecule has 3 nitrogen and oxygen atoms in total. The van der Waals surface area contributed by atoms with Crippen LogP contribution in [-0.2, 0) is 0 Å². The Morgan fingerprint density at radius 2 is 1.67 bits per heavy atom. The monoisotopic (exact) mass is 271 g/mol. The van der Waals surface area contributed by atoms with Crippen LogP contribution in [0.15, 0.2) is 24.3 Å². The van der Waals surface area contributed by atoms with Crippen molar-refractivity contribution < 1.29 is 10.2 Å². The second-order valence-electron chi connectivity index (χ2n) is 4.80. The number of halogens is 1. The molecule has 0 aliphatic heterocycles. The lowest BCUT2D eigenvalue weighted by Gasteiger charge is -2.19. The summed E-state index contributed by atoms with van der Waals surface area (Å²) in [7, 11) is 2.00. The standard InChI is InChI=1S/C14H22ClNO2/c1-11(17)7-9-16(2)10-8-14(18)12-3-5-13(15)6-4-12/h3-6,11,14,17-18H,7-10H2,1-2H3. The number of hydrogen-bond donors (Lipinski definition) is 2. The third-order valence-corrected chi connectivity index (χ3v) is 3.22. The van der Waals surface area contributed by atoms with Crippen molar-refractivity contribution in [3.63, 3.8) is 0 Å². The molecule has 2 unspecified atom stereocenters. The predicted molar refractivity (Wildman–Crippen MR) is 74.8 cm³/mol. The van der Waals surface area contributed by atoms with E-state index in [1.165, 1.54) is 0 Å². The molecule has 1 rings (SSSR count). The Hall–Kier alpha value is -0.610. The zero-order valence-electron chi connectivity index (χ0n) is 11.0. The van der Waals surface area contributed by atoms with Gasteiger partial charge in [0.25, 0.3) is 0 Å². The molecule has 0 aliphatic carbocycles. The molecule has 18 heavy (non-hydrogen) atoms. The van der Waals surface area contributed by atoms with Crippen LogP contribution >= 0.6 is 11.6 Å². The fraction of sp³-hybridized carbons (Fsp3) is 0.571. The highest BCUT2D eigenvalue weighted by molar-refractivity contribution is 6.30. The lowest BCUT2D eigenvalue weighted by molar-refractivity contribution is 0.136. The van der Waals surface area contributed by atoms with Gasteiger partial charge in [-0.05, 0) is 44.5 Å². The molecule has 0 saturated heterocycles. The molecule has 0 bridgehead atoms. The maximum absolute atomic E-state index is 10.0. The highest BCUT2D eigenvalue weighted by Gasteiger charge is 2.09. The van der Waals surface area contributed by atoms with Gasteiger partial charge in [-0.3, -0.25) is 0 Å². The Bertz CT molecular complexity index is 340. The van der Waals surface area contributed by atoms with Gasteiger partial charge in [-0.1, -0.05) is 23.7 Å². The Morgan fingerprint density at radius 3 is 2.22 bits per heavy atom. The van der Waals surface area contributed by atoms with E-state index in [1.807, 2.05) is 19.2 Å². The van der Waals surface area contributed by atoms with Crippen molar-refractivity contribution in [3.8, 4) is 0 Å². The molecule has 4 heteroatoms. The molecule has 102 valence electrons. The zero-order valence-corrected chi connectivity index (χ0v) is 11.8. The van der Waals surface area contributed by atoms with Gasteiger partial charge in [0.15, 0.2) is 0 Å². The minimum absolute atomic E-state index is 0.270. The van der Waals surface area contributed by atoms with E-state index in [2.05, 4.69) is 4.90 Å². The quantitative estimate of drug-likeness (QED) is 0.801. The van der Waals surface area contributed by atoms with E-state index in [0.717, 1.165) is 25.1 Å². The van der Waals surface area contributed by atoms with Crippen LogP contribution in [0.4, 0.5) is 0 Å². The van der Waals surface area contributed by atoms with Gasteiger partial charge in [0.1, 0.15) is 0 Å². The Labute approximate surface area is 114 Å². The van der Waals surface area contributed by atoms with Gasteiger partial charge < -0.3 is 15.1 Å². The van der Waals surface area contributed by atoms with Crippen molar-refractivity contribution in [2.45, 2.75) is 32.0 Å². The summed E-state index contributed by atoms with van der Waals surface area (Å²) in [6.45, 7) is 3.43. The van der Waals surface area contributed by atoms with Crippen LogP contribution in [-0.4, -0.2) is 41.4 Å². The first-order valence-electron chi connectivity index (χ1n) is 6.29. The average molecular weight is 272 g/mol. The second-order valence-corrected chi connectivity index (χ2v) is 5.23. The Morgan fingerprint density at radius 1 is 1.11 bits per heavy atom. The topological polar surface area (TPSA) is 43.7 Å². The third-order valence-electron chi connectivity index (χ3n) is 2.97. The van der Waals surface area contributed by atoms with Crippen molar-refractivity contribution in [3.05, 3.63) is 34.9 Å². The van der Waals surface area contributed by atoms with Crippen molar-refractivity contribution in [1.82, 2.24) is 4.90 Å². The first kappa shape index (κ1) is 15.4. The maximum atomic E-state index is 10.0. The molecule has 0 radical (unpaired) electrons. The lowest BCUT2D eigenvalue weighted by Crippen LogP contribution is -2.24. The molecular weight excluding hydrogens is 250 g/mol. The molecule has 0 fully saturated rings.